The van der Waals surface area contributed by atoms with Crippen molar-refractivity contribution in [1.82, 2.24) is 4.90 Å². The number of hydrogen-bond donors (Lipinski definition) is 3. The standard InChI is InChI=1S/C40H44N2O8.2C2H6.CH4O.CH4/c1-3-4-5-6-7-8-25-49-35-23-15-32(16-24-35)40(47)50-36-21-11-30(12-22-36)27-42(28-38(44)45)39(46)31-13-17-33(18-14-31)41-37(43)26-29-9-19-34(48-2)20-10-29;3*1-2;/h9-24H,3-8,25-28H2,1-2H3,(H,41,43)(H,44,45);2*1-2H3;2H,1H3;1H4. The summed E-state index contributed by atoms with van der Waals surface area (Å²) in [6, 6.07) is 26.8. The summed E-state index contributed by atoms with van der Waals surface area (Å²) in [7, 11) is 2.57. The first-order valence-electron chi connectivity index (χ1n) is 19.3. The summed E-state index contributed by atoms with van der Waals surface area (Å²) in [4.78, 5) is 51.4. The number of carbonyl (C=O) groups is 4. The monoisotopic (exact) mass is 788 g/mol. The van der Waals surface area contributed by atoms with E-state index in [-0.39, 0.29) is 31.9 Å². The Hall–Kier alpha value is -5.68. The van der Waals surface area contributed by atoms with Crippen LogP contribution in [-0.4, -0.2) is 66.2 Å². The molecule has 0 aliphatic heterocycles. The molecule has 0 aromatic heterocycles. The summed E-state index contributed by atoms with van der Waals surface area (Å²) in [5, 5.41) is 19.3. The van der Waals surface area contributed by atoms with Gasteiger partial charge in [-0.15, -0.1) is 0 Å². The van der Waals surface area contributed by atoms with Gasteiger partial charge in [0.25, 0.3) is 5.91 Å². The predicted molar refractivity (Wildman–Crippen MR) is 228 cm³/mol. The Bertz CT molecular complexity index is 1690. The highest BCUT2D eigenvalue weighted by Crippen LogP contribution is 2.20. The Morgan fingerprint density at radius 3 is 1.72 bits per heavy atom. The van der Waals surface area contributed by atoms with Gasteiger partial charge in [-0.3, -0.25) is 14.4 Å². The van der Waals surface area contributed by atoms with Gasteiger partial charge in [0.05, 0.1) is 25.7 Å². The molecule has 0 radical (unpaired) electrons. The van der Waals surface area contributed by atoms with E-state index in [1.807, 2.05) is 39.8 Å². The van der Waals surface area contributed by atoms with E-state index in [0.29, 0.717) is 40.7 Å². The normalized spacial score (nSPS) is 9.61. The van der Waals surface area contributed by atoms with Crippen molar-refractivity contribution in [2.24, 2.45) is 0 Å². The zero-order chi connectivity index (χ0) is 41.7. The highest BCUT2D eigenvalue weighted by Gasteiger charge is 2.20. The van der Waals surface area contributed by atoms with Crippen LogP contribution < -0.4 is 19.5 Å². The van der Waals surface area contributed by atoms with Gasteiger partial charge in [0.15, 0.2) is 0 Å². The molecule has 3 N–H and O–H groups in total. The van der Waals surface area contributed by atoms with Crippen LogP contribution >= 0.6 is 0 Å². The van der Waals surface area contributed by atoms with E-state index in [0.717, 1.165) is 25.5 Å². The molecule has 0 spiro atoms. The fraction of sp³-hybridized carbons (Fsp3) is 0.391. The molecule has 0 bridgehead atoms. The second-order valence-electron chi connectivity index (χ2n) is 11.9. The molecule has 4 aromatic carbocycles. The number of amides is 2. The molecule has 0 aliphatic rings. The number of anilines is 1. The molecule has 0 atom stereocenters. The van der Waals surface area contributed by atoms with E-state index in [9.17, 15) is 24.3 Å². The summed E-state index contributed by atoms with van der Waals surface area (Å²) >= 11 is 0. The lowest BCUT2D eigenvalue weighted by molar-refractivity contribution is -0.137. The molecule has 0 unspecified atom stereocenters. The quantitative estimate of drug-likeness (QED) is 0.0479. The number of carboxylic acid groups (broad SMARTS) is 1. The number of nitrogens with zero attached hydrogens (tertiary/aromatic N) is 1. The Labute approximate surface area is 340 Å². The fourth-order valence-corrected chi connectivity index (χ4v) is 5.18. The van der Waals surface area contributed by atoms with Crippen LogP contribution in [0.2, 0.25) is 0 Å². The van der Waals surface area contributed by atoms with Crippen LogP contribution in [0.5, 0.6) is 17.2 Å². The maximum absolute atomic E-state index is 13.3. The van der Waals surface area contributed by atoms with Gasteiger partial charge in [-0.1, -0.05) is 98.4 Å². The van der Waals surface area contributed by atoms with Crippen molar-refractivity contribution in [3.8, 4) is 17.2 Å². The van der Waals surface area contributed by atoms with E-state index < -0.39 is 24.4 Å². The number of ether oxygens (including phenoxy) is 3. The second kappa shape index (κ2) is 30.5. The first-order valence-corrected chi connectivity index (χ1v) is 19.3. The van der Waals surface area contributed by atoms with Gasteiger partial charge >= 0.3 is 11.9 Å². The molecule has 0 heterocycles. The number of carbonyl (C=O) groups excluding carboxylic acids is 3. The van der Waals surface area contributed by atoms with Crippen molar-refractivity contribution in [2.45, 2.75) is 93.5 Å². The molecular formula is C46H64N2O9. The van der Waals surface area contributed by atoms with Crippen LogP contribution in [0.15, 0.2) is 97.1 Å². The summed E-state index contributed by atoms with van der Waals surface area (Å²) in [5.41, 5.74) is 2.61. The van der Waals surface area contributed by atoms with E-state index in [2.05, 4.69) is 12.2 Å². The molecule has 0 fully saturated rings. The van der Waals surface area contributed by atoms with Crippen LogP contribution in [0.1, 0.15) is 112 Å². The Morgan fingerprint density at radius 2 is 1.16 bits per heavy atom. The third kappa shape index (κ3) is 19.7. The maximum Gasteiger partial charge on any atom is 0.343 e. The number of unbranched alkanes of at least 4 members (excludes halogenated alkanes) is 5. The average molecular weight is 789 g/mol. The van der Waals surface area contributed by atoms with E-state index in [1.165, 1.54) is 42.7 Å². The third-order valence-electron chi connectivity index (χ3n) is 7.92. The molecule has 0 saturated carbocycles. The predicted octanol–water partition coefficient (Wildman–Crippen LogP) is 9.86. The number of aliphatic hydroxyl groups excluding tert-OH is 1. The zero-order valence-corrected chi connectivity index (χ0v) is 34.0. The van der Waals surface area contributed by atoms with Crippen LogP contribution in [0, 0.1) is 0 Å². The largest absolute Gasteiger partial charge is 0.497 e. The molecule has 11 heteroatoms. The first-order chi connectivity index (χ1) is 27.2. The van der Waals surface area contributed by atoms with E-state index in [4.69, 9.17) is 19.3 Å². The average Bonchev–Trinajstić information content (AvgIpc) is 3.23. The number of rotatable bonds is 19. The van der Waals surface area contributed by atoms with Crippen molar-refractivity contribution in [1.29, 1.82) is 0 Å². The summed E-state index contributed by atoms with van der Waals surface area (Å²) < 4.78 is 16.4. The highest BCUT2D eigenvalue weighted by molar-refractivity contribution is 5.97. The number of esters is 1. The van der Waals surface area contributed by atoms with Crippen molar-refractivity contribution in [2.75, 3.05) is 32.7 Å². The third-order valence-corrected chi connectivity index (χ3v) is 7.92. The van der Waals surface area contributed by atoms with Crippen LogP contribution in [0.25, 0.3) is 0 Å². The van der Waals surface area contributed by atoms with E-state index in [1.54, 1.807) is 79.9 Å². The minimum Gasteiger partial charge on any atom is -0.497 e. The van der Waals surface area contributed by atoms with Gasteiger partial charge < -0.3 is 34.6 Å². The zero-order valence-electron chi connectivity index (χ0n) is 34.0. The van der Waals surface area contributed by atoms with Crippen molar-refractivity contribution >= 4 is 29.4 Å². The maximum atomic E-state index is 13.3. The van der Waals surface area contributed by atoms with Gasteiger partial charge in [-0.05, 0) is 90.3 Å². The van der Waals surface area contributed by atoms with Crippen LogP contribution in [0.3, 0.4) is 0 Å². The fourth-order valence-electron chi connectivity index (χ4n) is 5.18. The number of benzene rings is 4. The van der Waals surface area contributed by atoms with E-state index >= 15 is 0 Å². The molecule has 4 rings (SSSR count). The number of hydrogen-bond acceptors (Lipinski definition) is 8. The Kier molecular flexibility index (Phi) is 27.5. The molecule has 0 aliphatic carbocycles. The second-order valence-corrected chi connectivity index (χ2v) is 11.9. The lowest BCUT2D eigenvalue weighted by atomic mass is 10.1. The lowest BCUT2D eigenvalue weighted by Gasteiger charge is -2.21. The molecule has 312 valence electrons. The van der Waals surface area contributed by atoms with Crippen molar-refractivity contribution < 1.29 is 43.6 Å². The number of aliphatic hydroxyl groups is 1. The smallest absolute Gasteiger partial charge is 0.343 e. The van der Waals surface area contributed by atoms with Crippen LogP contribution in [-0.2, 0) is 22.6 Å². The Balaban J connectivity index is 0.00000427. The first kappa shape index (κ1) is 51.3. The summed E-state index contributed by atoms with van der Waals surface area (Å²) in [6.45, 7) is 10.3. The number of aliphatic carboxylic acids is 1. The van der Waals surface area contributed by atoms with Gasteiger partial charge in [-0.2, -0.15) is 0 Å². The van der Waals surface area contributed by atoms with Crippen LogP contribution in [0.4, 0.5) is 5.69 Å². The number of nitrogens with one attached hydrogen (secondary N) is 1. The summed E-state index contributed by atoms with van der Waals surface area (Å²) in [6.07, 6.45) is 7.26. The number of carboxylic acids is 1. The molecule has 11 nitrogen and oxygen atoms in total. The van der Waals surface area contributed by atoms with Crippen molar-refractivity contribution in [3.63, 3.8) is 0 Å². The minimum absolute atomic E-state index is 0. The lowest BCUT2D eigenvalue weighted by Crippen LogP contribution is -2.35. The topological polar surface area (TPSA) is 152 Å². The minimum atomic E-state index is -1.16. The van der Waals surface area contributed by atoms with Gasteiger partial charge in [0, 0.05) is 24.9 Å². The molecule has 2 amide bonds. The molecule has 4 aromatic rings. The molecule has 57 heavy (non-hydrogen) atoms. The SMILES string of the molecule is C.CC.CC.CCCCCCCCOc1ccc(C(=O)Oc2ccc(CN(CC(=O)O)C(=O)c3ccc(NC(=O)Cc4ccc(OC)cc4)cc3)cc2)cc1.CO. The van der Waals surface area contributed by atoms with Gasteiger partial charge in [-0.25, -0.2) is 4.79 Å². The highest BCUT2D eigenvalue weighted by atomic mass is 16.5. The van der Waals surface area contributed by atoms with Gasteiger partial charge in [0.2, 0.25) is 5.91 Å². The van der Waals surface area contributed by atoms with Gasteiger partial charge in [0.1, 0.15) is 23.8 Å². The Morgan fingerprint density at radius 1 is 0.649 bits per heavy atom. The van der Waals surface area contributed by atoms with Crippen molar-refractivity contribution in [3.05, 3.63) is 119 Å². The molecular weight excluding hydrogens is 725 g/mol. The summed E-state index contributed by atoms with van der Waals surface area (Å²) in [5.74, 6) is -0.693. The number of methoxy groups -OCH3 is 1. The molecule has 0 saturated heterocycles.